The summed E-state index contributed by atoms with van der Waals surface area (Å²) in [5, 5.41) is -0.0646. The fraction of sp³-hybridized carbons (Fsp3) is 0.174. The molecule has 0 spiro atoms. The van der Waals surface area contributed by atoms with Crippen LogP contribution in [0, 0.1) is 0 Å². The number of carbonyl (C=O) groups is 1. The van der Waals surface area contributed by atoms with E-state index < -0.39 is 0 Å². The van der Waals surface area contributed by atoms with Crippen molar-refractivity contribution in [1.82, 2.24) is 0 Å². The first kappa shape index (κ1) is 19.8. The van der Waals surface area contributed by atoms with E-state index >= 15 is 0 Å². The van der Waals surface area contributed by atoms with Crippen LogP contribution in [0.15, 0.2) is 77.7 Å². The van der Waals surface area contributed by atoms with Crippen LogP contribution >= 0.6 is 11.8 Å². The highest BCUT2D eigenvalue weighted by atomic mass is 32.2. The molecule has 0 amide bonds. The molecule has 0 saturated carbocycles. The third kappa shape index (κ3) is 4.87. The first-order valence-electron chi connectivity index (χ1n) is 8.93. The number of anilines is 1. The van der Waals surface area contributed by atoms with Crippen LogP contribution in [-0.4, -0.2) is 20.0 Å². The minimum Gasteiger partial charge on any atom is -0.497 e. The Morgan fingerprint density at radius 2 is 1.46 bits per heavy atom. The number of nitrogens with two attached hydrogens (primary N) is 1. The Bertz CT molecular complexity index is 923. The summed E-state index contributed by atoms with van der Waals surface area (Å²) in [7, 11) is 3.25. The number of thioether (sulfide) groups is 1. The van der Waals surface area contributed by atoms with E-state index in [-0.39, 0.29) is 11.0 Å². The summed E-state index contributed by atoms with van der Waals surface area (Å²) in [6.07, 6.45) is 0.359. The van der Waals surface area contributed by atoms with Crippen LogP contribution in [-0.2, 0) is 0 Å². The Kier molecular flexibility index (Phi) is 6.61. The number of nitrogen functional groups attached to an aromatic ring is 1. The van der Waals surface area contributed by atoms with Crippen molar-refractivity contribution in [3.63, 3.8) is 0 Å². The first-order valence-corrected chi connectivity index (χ1v) is 9.81. The topological polar surface area (TPSA) is 61.5 Å². The Morgan fingerprint density at radius 3 is 2.04 bits per heavy atom. The van der Waals surface area contributed by atoms with Crippen molar-refractivity contribution >= 4 is 23.2 Å². The largest absolute Gasteiger partial charge is 0.497 e. The highest BCUT2D eigenvalue weighted by Gasteiger charge is 2.20. The minimum absolute atomic E-state index is 0.0646. The van der Waals surface area contributed by atoms with E-state index in [9.17, 15) is 4.79 Å². The number of hydrogen-bond donors (Lipinski definition) is 1. The summed E-state index contributed by atoms with van der Waals surface area (Å²) in [6, 6.07) is 22.7. The zero-order chi connectivity index (χ0) is 19.9. The van der Waals surface area contributed by atoms with Gasteiger partial charge >= 0.3 is 0 Å². The highest BCUT2D eigenvalue weighted by molar-refractivity contribution is 7.99. The van der Waals surface area contributed by atoms with Crippen LogP contribution in [0.5, 0.6) is 11.5 Å². The van der Waals surface area contributed by atoms with Gasteiger partial charge in [0, 0.05) is 27.8 Å². The highest BCUT2D eigenvalue weighted by Crippen LogP contribution is 2.41. The molecule has 2 N–H and O–H groups in total. The summed E-state index contributed by atoms with van der Waals surface area (Å²) in [5.41, 5.74) is 8.56. The SMILES string of the molecule is COc1ccc(C(=O)C[C@@H](Sc2ccccc2N)c2ccc(OC)cc2)cc1. The standard InChI is InChI=1S/C23H23NO3S/c1-26-18-11-7-16(8-12-18)21(25)15-23(17-9-13-19(27-2)14-10-17)28-22-6-4-3-5-20(22)24/h3-14,23H,15,24H2,1-2H3/t23-/m1/s1. The van der Waals surface area contributed by atoms with Gasteiger partial charge in [0.25, 0.3) is 0 Å². The maximum atomic E-state index is 12.9. The second-order valence-electron chi connectivity index (χ2n) is 6.27. The van der Waals surface area contributed by atoms with E-state index in [1.54, 1.807) is 50.2 Å². The number of Topliss-reactive ketones (excluding diaryl/α,β-unsaturated/α-hetero) is 1. The lowest BCUT2D eigenvalue weighted by Gasteiger charge is -2.18. The summed E-state index contributed by atoms with van der Waals surface area (Å²) >= 11 is 1.60. The predicted molar refractivity (Wildman–Crippen MR) is 114 cm³/mol. The van der Waals surface area contributed by atoms with Crippen molar-refractivity contribution in [2.75, 3.05) is 20.0 Å². The maximum absolute atomic E-state index is 12.9. The normalized spacial score (nSPS) is 11.6. The van der Waals surface area contributed by atoms with Gasteiger partial charge in [-0.05, 0) is 54.1 Å². The summed E-state index contributed by atoms with van der Waals surface area (Å²) in [6.45, 7) is 0. The molecule has 0 radical (unpaired) electrons. The molecular weight excluding hydrogens is 370 g/mol. The van der Waals surface area contributed by atoms with Gasteiger partial charge in [0.05, 0.1) is 14.2 Å². The summed E-state index contributed by atoms with van der Waals surface area (Å²) in [5.74, 6) is 1.59. The monoisotopic (exact) mass is 393 g/mol. The number of para-hydroxylation sites is 1. The van der Waals surface area contributed by atoms with E-state index in [0.717, 1.165) is 22.0 Å². The van der Waals surface area contributed by atoms with Crippen molar-refractivity contribution in [2.24, 2.45) is 0 Å². The van der Waals surface area contributed by atoms with Gasteiger partial charge in [-0.15, -0.1) is 11.8 Å². The fourth-order valence-corrected chi connectivity index (χ4v) is 4.05. The molecule has 0 heterocycles. The third-order valence-electron chi connectivity index (χ3n) is 4.46. The zero-order valence-electron chi connectivity index (χ0n) is 15.9. The van der Waals surface area contributed by atoms with Crippen molar-refractivity contribution in [1.29, 1.82) is 0 Å². The molecular formula is C23H23NO3S. The summed E-state index contributed by atoms with van der Waals surface area (Å²) in [4.78, 5) is 13.9. The van der Waals surface area contributed by atoms with Gasteiger partial charge in [-0.2, -0.15) is 0 Å². The molecule has 0 bridgehead atoms. The molecule has 144 valence electrons. The lowest BCUT2D eigenvalue weighted by molar-refractivity contribution is 0.0982. The second kappa shape index (κ2) is 9.33. The number of hydrogen-bond acceptors (Lipinski definition) is 5. The van der Waals surface area contributed by atoms with Crippen molar-refractivity contribution in [3.05, 3.63) is 83.9 Å². The molecule has 4 nitrogen and oxygen atoms in total. The fourth-order valence-electron chi connectivity index (χ4n) is 2.85. The number of carbonyl (C=O) groups excluding carboxylic acids is 1. The van der Waals surface area contributed by atoms with E-state index in [1.165, 1.54) is 0 Å². The lowest BCUT2D eigenvalue weighted by Crippen LogP contribution is -2.06. The lowest BCUT2D eigenvalue weighted by atomic mass is 10.0. The smallest absolute Gasteiger partial charge is 0.164 e. The molecule has 0 aliphatic carbocycles. The molecule has 1 atom stereocenters. The molecule has 3 aromatic rings. The second-order valence-corrected chi connectivity index (χ2v) is 7.52. The average molecular weight is 394 g/mol. The third-order valence-corrected chi connectivity index (χ3v) is 5.81. The van der Waals surface area contributed by atoms with Gasteiger partial charge < -0.3 is 15.2 Å². The quantitative estimate of drug-likeness (QED) is 0.316. The van der Waals surface area contributed by atoms with Gasteiger partial charge in [0.1, 0.15) is 11.5 Å². The van der Waals surface area contributed by atoms with E-state index in [0.29, 0.717) is 17.7 Å². The number of rotatable bonds is 8. The number of ether oxygens (including phenoxy) is 2. The Balaban J connectivity index is 1.85. The van der Waals surface area contributed by atoms with Crippen LogP contribution < -0.4 is 15.2 Å². The Morgan fingerprint density at radius 1 is 0.893 bits per heavy atom. The van der Waals surface area contributed by atoms with E-state index in [1.807, 2.05) is 48.5 Å². The van der Waals surface area contributed by atoms with Gasteiger partial charge in [0.2, 0.25) is 0 Å². The van der Waals surface area contributed by atoms with Crippen LogP contribution in [0.3, 0.4) is 0 Å². The van der Waals surface area contributed by atoms with Gasteiger partial charge in [-0.1, -0.05) is 24.3 Å². The maximum Gasteiger partial charge on any atom is 0.164 e. The van der Waals surface area contributed by atoms with Crippen LogP contribution in [0.1, 0.15) is 27.6 Å². The van der Waals surface area contributed by atoms with Crippen molar-refractivity contribution < 1.29 is 14.3 Å². The van der Waals surface area contributed by atoms with Crippen molar-refractivity contribution in [3.8, 4) is 11.5 Å². The van der Waals surface area contributed by atoms with Crippen molar-refractivity contribution in [2.45, 2.75) is 16.6 Å². The predicted octanol–water partition coefficient (Wildman–Crippen LogP) is 5.39. The van der Waals surface area contributed by atoms with Crippen LogP contribution in [0.2, 0.25) is 0 Å². The number of ketones is 1. The average Bonchev–Trinajstić information content (AvgIpc) is 2.75. The van der Waals surface area contributed by atoms with Crippen LogP contribution in [0.4, 0.5) is 5.69 Å². The Hall–Kier alpha value is -2.92. The molecule has 28 heavy (non-hydrogen) atoms. The first-order chi connectivity index (χ1) is 13.6. The molecule has 5 heteroatoms. The zero-order valence-corrected chi connectivity index (χ0v) is 16.7. The molecule has 0 fully saturated rings. The van der Waals surface area contributed by atoms with E-state index in [4.69, 9.17) is 15.2 Å². The minimum atomic E-state index is -0.0646. The molecule has 0 saturated heterocycles. The number of benzene rings is 3. The van der Waals surface area contributed by atoms with Crippen LogP contribution in [0.25, 0.3) is 0 Å². The van der Waals surface area contributed by atoms with Gasteiger partial charge in [0.15, 0.2) is 5.78 Å². The molecule has 3 rings (SSSR count). The molecule has 0 unspecified atom stereocenters. The summed E-state index contributed by atoms with van der Waals surface area (Å²) < 4.78 is 10.4. The molecule has 0 aromatic heterocycles. The van der Waals surface area contributed by atoms with Gasteiger partial charge in [-0.3, -0.25) is 4.79 Å². The molecule has 0 aliphatic heterocycles. The molecule has 3 aromatic carbocycles. The molecule has 0 aliphatic rings. The Labute approximate surface area is 169 Å². The van der Waals surface area contributed by atoms with E-state index in [2.05, 4.69) is 0 Å². The number of methoxy groups -OCH3 is 2. The van der Waals surface area contributed by atoms with Gasteiger partial charge in [-0.25, -0.2) is 0 Å².